The van der Waals surface area contributed by atoms with Gasteiger partial charge in [-0.15, -0.1) is 0 Å². The Balaban J connectivity index is 1.64. The second-order valence-corrected chi connectivity index (χ2v) is 7.90. The molecular formula is C28H14F8O. The van der Waals surface area contributed by atoms with Crippen LogP contribution in [-0.4, -0.2) is 0 Å². The van der Waals surface area contributed by atoms with E-state index in [0.29, 0.717) is 23.3 Å². The van der Waals surface area contributed by atoms with Crippen LogP contribution >= 0.6 is 0 Å². The van der Waals surface area contributed by atoms with E-state index < -0.39 is 52.3 Å². The van der Waals surface area contributed by atoms with Gasteiger partial charge in [0, 0.05) is 17.7 Å². The molecule has 188 valence electrons. The fraction of sp³-hybridized carbons (Fsp3) is 0.0714. The molecule has 0 heterocycles. The lowest BCUT2D eigenvalue weighted by atomic mass is 9.99. The lowest BCUT2D eigenvalue weighted by Gasteiger charge is -2.19. The number of hydrogen-bond donors (Lipinski definition) is 0. The van der Waals surface area contributed by atoms with Gasteiger partial charge in [-0.3, -0.25) is 0 Å². The Morgan fingerprint density at radius 2 is 1.24 bits per heavy atom. The Hall–Kier alpha value is -4.32. The van der Waals surface area contributed by atoms with E-state index in [4.69, 9.17) is 0 Å². The molecule has 0 bridgehead atoms. The monoisotopic (exact) mass is 518 g/mol. The highest BCUT2D eigenvalue weighted by atomic mass is 19.3. The standard InChI is InChI=1S/C28H14F8O/c1-15-9-18(17-5-3-2-4-6-17)12-21(29)20(15)8-7-16-10-22(30)26(23(31)11-16)28(35,36)37-19-13-24(32)27(34)25(33)14-19/h2-6,9-14H,1H3. The summed E-state index contributed by atoms with van der Waals surface area (Å²) in [5.74, 6) is -6.28. The second kappa shape index (κ2) is 9.97. The van der Waals surface area contributed by atoms with Crippen molar-refractivity contribution in [2.75, 3.05) is 0 Å². The molecule has 0 radical (unpaired) electrons. The Morgan fingerprint density at radius 1 is 0.649 bits per heavy atom. The van der Waals surface area contributed by atoms with Crippen molar-refractivity contribution in [1.29, 1.82) is 0 Å². The van der Waals surface area contributed by atoms with Crippen LogP contribution in [-0.2, 0) is 6.11 Å². The maximum Gasteiger partial charge on any atom is 0.432 e. The third-order valence-corrected chi connectivity index (χ3v) is 5.26. The third kappa shape index (κ3) is 5.43. The number of ether oxygens (including phenoxy) is 1. The lowest BCUT2D eigenvalue weighted by molar-refractivity contribution is -0.189. The van der Waals surface area contributed by atoms with Crippen LogP contribution in [0, 0.1) is 53.7 Å². The first-order chi connectivity index (χ1) is 17.5. The van der Waals surface area contributed by atoms with Crippen LogP contribution in [0.4, 0.5) is 35.1 Å². The number of aryl methyl sites for hydroxylation is 1. The van der Waals surface area contributed by atoms with Crippen molar-refractivity contribution in [2.24, 2.45) is 0 Å². The zero-order valence-corrected chi connectivity index (χ0v) is 18.8. The molecule has 9 heteroatoms. The van der Waals surface area contributed by atoms with E-state index in [9.17, 15) is 35.1 Å². The summed E-state index contributed by atoms with van der Waals surface area (Å²) in [6, 6.07) is 13.0. The van der Waals surface area contributed by atoms with E-state index >= 15 is 0 Å². The van der Waals surface area contributed by atoms with Crippen LogP contribution in [0.25, 0.3) is 11.1 Å². The van der Waals surface area contributed by atoms with Crippen molar-refractivity contribution in [2.45, 2.75) is 13.0 Å². The molecule has 0 atom stereocenters. The Bertz CT molecular complexity index is 1480. The predicted octanol–water partition coefficient (Wildman–Crippen LogP) is 8.02. The molecule has 4 aromatic rings. The van der Waals surface area contributed by atoms with Crippen molar-refractivity contribution in [3.63, 3.8) is 0 Å². The van der Waals surface area contributed by atoms with Crippen LogP contribution in [0.2, 0.25) is 0 Å². The fourth-order valence-corrected chi connectivity index (χ4v) is 3.55. The van der Waals surface area contributed by atoms with E-state index in [0.717, 1.165) is 5.56 Å². The van der Waals surface area contributed by atoms with Crippen molar-refractivity contribution in [1.82, 2.24) is 0 Å². The summed E-state index contributed by atoms with van der Waals surface area (Å²) < 4.78 is 116. The van der Waals surface area contributed by atoms with Crippen molar-refractivity contribution >= 4 is 0 Å². The maximum atomic E-state index is 14.7. The predicted molar refractivity (Wildman–Crippen MR) is 120 cm³/mol. The van der Waals surface area contributed by atoms with Gasteiger partial charge in [0.2, 0.25) is 0 Å². The molecule has 4 rings (SSSR count). The minimum absolute atomic E-state index is 0.0569. The van der Waals surface area contributed by atoms with Crippen molar-refractivity contribution < 1.29 is 39.9 Å². The summed E-state index contributed by atoms with van der Waals surface area (Å²) in [7, 11) is 0. The highest BCUT2D eigenvalue weighted by molar-refractivity contribution is 5.66. The van der Waals surface area contributed by atoms with Gasteiger partial charge in [-0.05, 0) is 47.9 Å². The number of hydrogen-bond acceptors (Lipinski definition) is 1. The van der Waals surface area contributed by atoms with Gasteiger partial charge in [-0.1, -0.05) is 42.2 Å². The van der Waals surface area contributed by atoms with E-state index in [1.807, 2.05) is 0 Å². The molecule has 0 amide bonds. The summed E-state index contributed by atoms with van der Waals surface area (Å²) in [5, 5.41) is 0. The van der Waals surface area contributed by atoms with E-state index in [1.165, 1.54) is 6.07 Å². The van der Waals surface area contributed by atoms with E-state index in [1.54, 1.807) is 43.3 Å². The van der Waals surface area contributed by atoms with E-state index in [-0.39, 0.29) is 23.3 Å². The molecule has 0 saturated carbocycles. The van der Waals surface area contributed by atoms with Gasteiger partial charge < -0.3 is 4.74 Å². The first-order valence-electron chi connectivity index (χ1n) is 10.5. The first kappa shape index (κ1) is 25.8. The molecule has 0 saturated heterocycles. The van der Waals surface area contributed by atoms with Crippen molar-refractivity contribution in [3.05, 3.63) is 124 Å². The van der Waals surface area contributed by atoms with Crippen LogP contribution in [0.5, 0.6) is 5.75 Å². The fourth-order valence-electron chi connectivity index (χ4n) is 3.55. The van der Waals surface area contributed by atoms with Crippen molar-refractivity contribution in [3.8, 4) is 28.7 Å². The Labute approximate surface area is 205 Å². The van der Waals surface area contributed by atoms with Crippen LogP contribution in [0.1, 0.15) is 22.3 Å². The molecule has 0 unspecified atom stereocenters. The molecule has 0 aliphatic carbocycles. The van der Waals surface area contributed by atoms with Gasteiger partial charge in [0.1, 0.15) is 28.8 Å². The molecule has 4 aromatic carbocycles. The summed E-state index contributed by atoms with van der Waals surface area (Å²) in [6.45, 7) is 1.59. The minimum Gasteiger partial charge on any atom is -0.429 e. The molecular weight excluding hydrogens is 504 g/mol. The third-order valence-electron chi connectivity index (χ3n) is 5.26. The normalized spacial score (nSPS) is 11.2. The van der Waals surface area contributed by atoms with Gasteiger partial charge in [0.05, 0.1) is 5.56 Å². The summed E-state index contributed by atoms with van der Waals surface area (Å²) in [6.07, 6.45) is -4.73. The Morgan fingerprint density at radius 3 is 1.81 bits per heavy atom. The summed E-state index contributed by atoms with van der Waals surface area (Å²) in [4.78, 5) is 0. The van der Waals surface area contributed by atoms with Gasteiger partial charge >= 0.3 is 6.11 Å². The van der Waals surface area contributed by atoms with Gasteiger partial charge in [-0.25, -0.2) is 26.3 Å². The van der Waals surface area contributed by atoms with Crippen LogP contribution in [0.15, 0.2) is 66.7 Å². The number of benzene rings is 4. The maximum absolute atomic E-state index is 14.7. The smallest absolute Gasteiger partial charge is 0.429 e. The average Bonchev–Trinajstić information content (AvgIpc) is 2.81. The average molecular weight is 518 g/mol. The number of halogens is 8. The highest BCUT2D eigenvalue weighted by Crippen LogP contribution is 2.36. The quantitative estimate of drug-likeness (QED) is 0.151. The van der Waals surface area contributed by atoms with Crippen LogP contribution < -0.4 is 4.74 Å². The molecule has 0 aliphatic rings. The topological polar surface area (TPSA) is 9.23 Å². The molecule has 1 nitrogen and oxygen atoms in total. The molecule has 37 heavy (non-hydrogen) atoms. The molecule has 0 N–H and O–H groups in total. The molecule has 0 spiro atoms. The largest absolute Gasteiger partial charge is 0.432 e. The summed E-state index contributed by atoms with van der Waals surface area (Å²) >= 11 is 0. The Kier molecular flexibility index (Phi) is 6.94. The number of rotatable bonds is 4. The number of alkyl halides is 2. The molecule has 0 aliphatic heterocycles. The highest BCUT2D eigenvalue weighted by Gasteiger charge is 2.41. The molecule has 0 fully saturated rings. The zero-order valence-electron chi connectivity index (χ0n) is 18.8. The molecule has 0 aromatic heterocycles. The van der Waals surface area contributed by atoms with Gasteiger partial charge in [-0.2, -0.15) is 8.78 Å². The van der Waals surface area contributed by atoms with E-state index in [2.05, 4.69) is 16.6 Å². The lowest BCUT2D eigenvalue weighted by Crippen LogP contribution is -2.25. The summed E-state index contributed by atoms with van der Waals surface area (Å²) in [5.41, 5.74) is -0.526. The first-order valence-corrected chi connectivity index (χ1v) is 10.5. The van der Waals surface area contributed by atoms with Gasteiger partial charge in [0.25, 0.3) is 0 Å². The SMILES string of the molecule is Cc1cc(-c2ccccc2)cc(F)c1C#Cc1cc(F)c(C(F)(F)Oc2cc(F)c(F)c(F)c2)c(F)c1. The van der Waals surface area contributed by atoms with Gasteiger partial charge in [0.15, 0.2) is 17.5 Å². The zero-order chi connectivity index (χ0) is 26.9. The second-order valence-electron chi connectivity index (χ2n) is 7.90. The van der Waals surface area contributed by atoms with Crippen LogP contribution in [0.3, 0.4) is 0 Å². The minimum atomic E-state index is -4.73.